The molecule has 0 amide bonds. The van der Waals surface area contributed by atoms with E-state index in [1.165, 1.54) is 4.31 Å². The molecule has 20 heavy (non-hydrogen) atoms. The summed E-state index contributed by atoms with van der Waals surface area (Å²) in [6.45, 7) is 2.11. The highest BCUT2D eigenvalue weighted by Gasteiger charge is 2.39. The molecule has 0 spiro atoms. The van der Waals surface area contributed by atoms with E-state index in [1.54, 1.807) is 31.2 Å². The summed E-state index contributed by atoms with van der Waals surface area (Å²) in [5.74, 6) is -1.81. The van der Waals surface area contributed by atoms with Crippen LogP contribution in [0.3, 0.4) is 0 Å². The molecule has 0 radical (unpaired) electrons. The number of benzene rings is 1. The fraction of sp³-hybridized carbons (Fsp3) is 0.462. The Morgan fingerprint density at radius 3 is 2.45 bits per heavy atom. The first-order valence-corrected chi connectivity index (χ1v) is 8.65. The third-order valence-corrected chi connectivity index (χ3v) is 5.86. The largest absolute Gasteiger partial charge is 0.481 e. The number of halogens is 1. The molecule has 1 N–H and O–H groups in total. The normalized spacial score (nSPS) is 23.9. The van der Waals surface area contributed by atoms with E-state index in [0.29, 0.717) is 5.56 Å². The van der Waals surface area contributed by atoms with E-state index in [0.717, 1.165) is 4.47 Å². The molecule has 1 saturated heterocycles. The molecule has 1 heterocycles. The minimum atomic E-state index is -3.47. The fourth-order valence-corrected chi connectivity index (χ4v) is 4.26. The number of nitrogens with zero attached hydrogens (tertiary/aromatic N) is 1. The molecule has 0 bridgehead atoms. The predicted molar refractivity (Wildman–Crippen MR) is 78.6 cm³/mol. The van der Waals surface area contributed by atoms with Crippen LogP contribution in [0.15, 0.2) is 28.7 Å². The van der Waals surface area contributed by atoms with Gasteiger partial charge in [0.1, 0.15) is 0 Å². The van der Waals surface area contributed by atoms with Gasteiger partial charge < -0.3 is 5.11 Å². The van der Waals surface area contributed by atoms with E-state index >= 15 is 0 Å². The van der Waals surface area contributed by atoms with Crippen LogP contribution in [-0.2, 0) is 20.6 Å². The lowest BCUT2D eigenvalue weighted by Crippen LogP contribution is -2.31. The van der Waals surface area contributed by atoms with Gasteiger partial charge in [0.15, 0.2) is 0 Å². The average Bonchev–Trinajstić information content (AvgIpc) is 2.75. The van der Waals surface area contributed by atoms with Gasteiger partial charge in [-0.15, -0.1) is 0 Å². The fourth-order valence-electron chi connectivity index (χ4n) is 2.35. The number of carboxylic acids is 1. The van der Waals surface area contributed by atoms with Crippen LogP contribution >= 0.6 is 15.9 Å². The maximum absolute atomic E-state index is 12.3. The molecular weight excluding hydrogens is 346 g/mol. The Bertz CT molecular complexity index is 599. The standard InChI is InChI=1S/C13H16BrNO4S/c1-9-6-15(7-12(9)13(16)17)20(18,19)8-10-2-4-11(14)5-3-10/h2-5,9,12H,6-8H2,1H3,(H,16,17)/t9-,12-/m1/s1. The monoisotopic (exact) mass is 361 g/mol. The van der Waals surface area contributed by atoms with Gasteiger partial charge in [0, 0.05) is 17.6 Å². The van der Waals surface area contributed by atoms with Crippen LogP contribution in [0.25, 0.3) is 0 Å². The SMILES string of the molecule is C[C@@H]1CN(S(=O)(=O)Cc2ccc(Br)cc2)C[C@H]1C(=O)O. The Kier molecular flexibility index (Phi) is 4.51. The van der Waals surface area contributed by atoms with E-state index in [9.17, 15) is 13.2 Å². The van der Waals surface area contributed by atoms with Crippen molar-refractivity contribution in [2.75, 3.05) is 13.1 Å². The highest BCUT2D eigenvalue weighted by molar-refractivity contribution is 9.10. The van der Waals surface area contributed by atoms with E-state index in [-0.39, 0.29) is 24.8 Å². The number of sulfonamides is 1. The van der Waals surface area contributed by atoms with Crippen molar-refractivity contribution in [1.29, 1.82) is 0 Å². The highest BCUT2D eigenvalue weighted by Crippen LogP contribution is 2.27. The van der Waals surface area contributed by atoms with Crippen molar-refractivity contribution in [1.82, 2.24) is 4.31 Å². The van der Waals surface area contributed by atoms with Crippen molar-refractivity contribution in [2.24, 2.45) is 11.8 Å². The summed E-state index contributed by atoms with van der Waals surface area (Å²) in [7, 11) is -3.47. The Labute approximate surface area is 126 Å². The Balaban J connectivity index is 2.12. The number of aliphatic carboxylic acids is 1. The van der Waals surface area contributed by atoms with Gasteiger partial charge in [0.25, 0.3) is 0 Å². The number of carboxylic acid groups (broad SMARTS) is 1. The van der Waals surface area contributed by atoms with Gasteiger partial charge in [-0.2, -0.15) is 0 Å². The Morgan fingerprint density at radius 2 is 1.95 bits per heavy atom. The zero-order valence-corrected chi connectivity index (χ0v) is 13.4. The summed E-state index contributed by atoms with van der Waals surface area (Å²) in [5, 5.41) is 9.06. The number of hydrogen-bond donors (Lipinski definition) is 1. The Hall–Kier alpha value is -0.920. The minimum Gasteiger partial charge on any atom is -0.481 e. The van der Waals surface area contributed by atoms with Crippen molar-refractivity contribution >= 4 is 31.9 Å². The Morgan fingerprint density at radius 1 is 1.35 bits per heavy atom. The first-order chi connectivity index (χ1) is 9.29. The maximum Gasteiger partial charge on any atom is 0.308 e. The second kappa shape index (κ2) is 5.83. The molecule has 1 aromatic carbocycles. The third kappa shape index (κ3) is 3.39. The summed E-state index contributed by atoms with van der Waals surface area (Å²) in [6.07, 6.45) is 0. The summed E-state index contributed by atoms with van der Waals surface area (Å²) in [4.78, 5) is 11.1. The molecule has 1 aliphatic heterocycles. The van der Waals surface area contributed by atoms with E-state index in [4.69, 9.17) is 5.11 Å². The lowest BCUT2D eigenvalue weighted by atomic mass is 9.99. The topological polar surface area (TPSA) is 74.7 Å². The van der Waals surface area contributed by atoms with Gasteiger partial charge in [-0.3, -0.25) is 4.79 Å². The average molecular weight is 362 g/mol. The first kappa shape index (κ1) is 15.5. The minimum absolute atomic E-state index is 0.0648. The smallest absolute Gasteiger partial charge is 0.308 e. The van der Waals surface area contributed by atoms with Crippen LogP contribution in [-0.4, -0.2) is 36.9 Å². The second-order valence-corrected chi connectivity index (χ2v) is 8.01. The molecule has 0 unspecified atom stereocenters. The molecular formula is C13H16BrNO4S. The van der Waals surface area contributed by atoms with Crippen LogP contribution in [0.1, 0.15) is 12.5 Å². The van der Waals surface area contributed by atoms with Crippen molar-refractivity contribution in [3.05, 3.63) is 34.3 Å². The van der Waals surface area contributed by atoms with Crippen LogP contribution in [0.4, 0.5) is 0 Å². The van der Waals surface area contributed by atoms with Crippen molar-refractivity contribution in [2.45, 2.75) is 12.7 Å². The summed E-state index contributed by atoms with van der Waals surface area (Å²) >= 11 is 3.30. The zero-order chi connectivity index (χ0) is 14.9. The molecule has 5 nitrogen and oxygen atoms in total. The highest BCUT2D eigenvalue weighted by atomic mass is 79.9. The summed E-state index contributed by atoms with van der Waals surface area (Å²) < 4.78 is 26.8. The number of carbonyl (C=O) groups is 1. The van der Waals surface area contributed by atoms with Crippen molar-refractivity contribution in [3.8, 4) is 0 Å². The number of hydrogen-bond acceptors (Lipinski definition) is 3. The molecule has 1 aliphatic rings. The summed E-state index contributed by atoms with van der Waals surface area (Å²) in [6, 6.07) is 7.07. The molecule has 0 saturated carbocycles. The molecule has 0 aromatic heterocycles. The summed E-state index contributed by atoms with van der Waals surface area (Å²) in [5.41, 5.74) is 0.694. The van der Waals surface area contributed by atoms with Gasteiger partial charge in [-0.25, -0.2) is 12.7 Å². The predicted octanol–water partition coefficient (Wildman–Crippen LogP) is 1.93. The van der Waals surface area contributed by atoms with Crippen LogP contribution in [0.5, 0.6) is 0 Å². The van der Waals surface area contributed by atoms with Gasteiger partial charge in [0.2, 0.25) is 10.0 Å². The van der Waals surface area contributed by atoms with Gasteiger partial charge in [-0.05, 0) is 23.6 Å². The quantitative estimate of drug-likeness (QED) is 0.888. The molecule has 1 aromatic rings. The zero-order valence-electron chi connectivity index (χ0n) is 11.0. The van der Waals surface area contributed by atoms with Gasteiger partial charge >= 0.3 is 5.97 Å². The third-order valence-electron chi connectivity index (χ3n) is 3.55. The van der Waals surface area contributed by atoms with Crippen molar-refractivity contribution < 1.29 is 18.3 Å². The molecule has 1 fully saturated rings. The first-order valence-electron chi connectivity index (χ1n) is 6.24. The molecule has 2 atom stereocenters. The van der Waals surface area contributed by atoms with E-state index in [1.807, 2.05) is 0 Å². The van der Waals surface area contributed by atoms with Crippen LogP contribution < -0.4 is 0 Å². The molecule has 0 aliphatic carbocycles. The van der Waals surface area contributed by atoms with Crippen LogP contribution in [0.2, 0.25) is 0 Å². The molecule has 2 rings (SSSR count). The van der Waals surface area contributed by atoms with Gasteiger partial charge in [-0.1, -0.05) is 35.0 Å². The van der Waals surface area contributed by atoms with E-state index < -0.39 is 21.9 Å². The lowest BCUT2D eigenvalue weighted by molar-refractivity contribution is -0.142. The lowest BCUT2D eigenvalue weighted by Gasteiger charge is -2.16. The number of rotatable bonds is 4. The second-order valence-electron chi connectivity index (χ2n) is 5.12. The maximum atomic E-state index is 12.3. The molecule has 110 valence electrons. The molecule has 7 heteroatoms. The van der Waals surface area contributed by atoms with E-state index in [2.05, 4.69) is 15.9 Å². The van der Waals surface area contributed by atoms with Crippen LogP contribution in [0, 0.1) is 11.8 Å². The van der Waals surface area contributed by atoms with Gasteiger partial charge in [0.05, 0.1) is 11.7 Å². The van der Waals surface area contributed by atoms with Crippen molar-refractivity contribution in [3.63, 3.8) is 0 Å².